The molecule has 1 N–H and O–H groups in total. The van der Waals surface area contributed by atoms with E-state index in [1.807, 2.05) is 43.7 Å². The topological polar surface area (TPSA) is 43.3 Å². The SMILES string of the molecule is CCCNC(=O)c1c(C)n(C)c2cc(OC)ccc12. The van der Waals surface area contributed by atoms with Crippen LogP contribution >= 0.6 is 0 Å². The molecule has 4 nitrogen and oxygen atoms in total. The molecule has 2 aromatic rings. The Morgan fingerprint density at radius 3 is 2.79 bits per heavy atom. The summed E-state index contributed by atoms with van der Waals surface area (Å²) in [5.41, 5.74) is 2.74. The summed E-state index contributed by atoms with van der Waals surface area (Å²) in [5.74, 6) is 0.795. The van der Waals surface area contributed by atoms with E-state index >= 15 is 0 Å². The van der Waals surface area contributed by atoms with Gasteiger partial charge in [-0.15, -0.1) is 0 Å². The third-order valence-electron chi connectivity index (χ3n) is 3.46. The Morgan fingerprint density at radius 2 is 2.16 bits per heavy atom. The lowest BCUT2D eigenvalue weighted by Gasteiger charge is -2.04. The molecule has 0 fully saturated rings. The Kier molecular flexibility index (Phi) is 3.79. The summed E-state index contributed by atoms with van der Waals surface area (Å²) in [5, 5.41) is 3.91. The van der Waals surface area contributed by atoms with Crippen LogP contribution in [0.25, 0.3) is 10.9 Å². The number of hydrogen-bond donors (Lipinski definition) is 1. The number of carbonyl (C=O) groups is 1. The minimum Gasteiger partial charge on any atom is -0.497 e. The van der Waals surface area contributed by atoms with Gasteiger partial charge >= 0.3 is 0 Å². The molecule has 1 aromatic carbocycles. The highest BCUT2D eigenvalue weighted by atomic mass is 16.5. The van der Waals surface area contributed by atoms with E-state index in [2.05, 4.69) is 5.32 Å². The van der Waals surface area contributed by atoms with Crippen LogP contribution in [0.15, 0.2) is 18.2 Å². The number of ether oxygens (including phenoxy) is 1. The molecule has 0 bridgehead atoms. The van der Waals surface area contributed by atoms with Gasteiger partial charge in [-0.2, -0.15) is 0 Å². The van der Waals surface area contributed by atoms with E-state index in [1.54, 1.807) is 7.11 Å². The van der Waals surface area contributed by atoms with Gasteiger partial charge in [-0.1, -0.05) is 6.92 Å². The second-order valence-electron chi connectivity index (χ2n) is 4.66. The van der Waals surface area contributed by atoms with Gasteiger partial charge in [-0.25, -0.2) is 0 Å². The van der Waals surface area contributed by atoms with Crippen LogP contribution in [0.1, 0.15) is 29.4 Å². The highest BCUT2D eigenvalue weighted by molar-refractivity contribution is 6.08. The fourth-order valence-electron chi connectivity index (χ4n) is 2.28. The van der Waals surface area contributed by atoms with Crippen molar-refractivity contribution in [2.24, 2.45) is 7.05 Å². The summed E-state index contributed by atoms with van der Waals surface area (Å²) in [4.78, 5) is 12.3. The third kappa shape index (κ3) is 2.30. The van der Waals surface area contributed by atoms with E-state index in [9.17, 15) is 4.79 Å². The van der Waals surface area contributed by atoms with Crippen LogP contribution in [0.3, 0.4) is 0 Å². The number of nitrogens with zero attached hydrogens (tertiary/aromatic N) is 1. The lowest BCUT2D eigenvalue weighted by Crippen LogP contribution is -2.24. The first kappa shape index (κ1) is 13.5. The number of amides is 1. The minimum absolute atomic E-state index is 0.00452. The predicted octanol–water partition coefficient (Wildman–Crippen LogP) is 2.64. The van der Waals surface area contributed by atoms with Crippen LogP contribution in [0.2, 0.25) is 0 Å². The average Bonchev–Trinajstić information content (AvgIpc) is 2.68. The second-order valence-corrected chi connectivity index (χ2v) is 4.66. The van der Waals surface area contributed by atoms with Crippen molar-refractivity contribution in [2.45, 2.75) is 20.3 Å². The molecule has 0 saturated heterocycles. The number of fused-ring (bicyclic) bond motifs is 1. The van der Waals surface area contributed by atoms with Crippen molar-refractivity contribution in [2.75, 3.05) is 13.7 Å². The van der Waals surface area contributed by atoms with Crippen molar-refractivity contribution in [1.82, 2.24) is 9.88 Å². The number of rotatable bonds is 4. The van der Waals surface area contributed by atoms with Gasteiger partial charge < -0.3 is 14.6 Å². The molecular formula is C15H20N2O2. The molecule has 0 aliphatic rings. The third-order valence-corrected chi connectivity index (χ3v) is 3.46. The summed E-state index contributed by atoms with van der Waals surface area (Å²) < 4.78 is 7.26. The van der Waals surface area contributed by atoms with Gasteiger partial charge in [0.15, 0.2) is 0 Å². The van der Waals surface area contributed by atoms with E-state index < -0.39 is 0 Å². The van der Waals surface area contributed by atoms with Crippen LogP contribution in [-0.4, -0.2) is 24.1 Å². The predicted molar refractivity (Wildman–Crippen MR) is 76.8 cm³/mol. The normalized spacial score (nSPS) is 10.7. The Balaban J connectivity index is 2.55. The molecule has 0 unspecified atom stereocenters. The number of nitrogens with one attached hydrogen (secondary N) is 1. The van der Waals surface area contributed by atoms with E-state index in [4.69, 9.17) is 4.74 Å². The zero-order chi connectivity index (χ0) is 14.0. The molecule has 0 saturated carbocycles. The molecule has 4 heteroatoms. The zero-order valence-corrected chi connectivity index (χ0v) is 11.9. The molecule has 2 rings (SSSR count). The van der Waals surface area contributed by atoms with Crippen LogP contribution in [0.5, 0.6) is 5.75 Å². The highest BCUT2D eigenvalue weighted by Crippen LogP contribution is 2.28. The Bertz CT molecular complexity index is 614. The quantitative estimate of drug-likeness (QED) is 0.918. The van der Waals surface area contributed by atoms with E-state index in [0.29, 0.717) is 6.54 Å². The fourth-order valence-corrected chi connectivity index (χ4v) is 2.28. The largest absolute Gasteiger partial charge is 0.497 e. The monoisotopic (exact) mass is 260 g/mol. The number of aryl methyl sites for hydroxylation is 1. The van der Waals surface area contributed by atoms with Crippen LogP contribution in [-0.2, 0) is 7.05 Å². The number of methoxy groups -OCH3 is 1. The molecule has 1 aromatic heterocycles. The van der Waals surface area contributed by atoms with Gasteiger partial charge in [0, 0.05) is 30.7 Å². The van der Waals surface area contributed by atoms with E-state index in [-0.39, 0.29) is 5.91 Å². The Hall–Kier alpha value is -1.97. The smallest absolute Gasteiger partial charge is 0.253 e. The lowest BCUT2D eigenvalue weighted by molar-refractivity contribution is 0.0954. The summed E-state index contributed by atoms with van der Waals surface area (Å²) >= 11 is 0. The van der Waals surface area contributed by atoms with Gasteiger partial charge in [-0.05, 0) is 25.5 Å². The molecule has 1 amide bonds. The molecule has 0 spiro atoms. The van der Waals surface area contributed by atoms with Gasteiger partial charge in [0.1, 0.15) is 5.75 Å². The van der Waals surface area contributed by atoms with Gasteiger partial charge in [0.25, 0.3) is 5.91 Å². The van der Waals surface area contributed by atoms with Gasteiger partial charge in [0.05, 0.1) is 18.2 Å². The van der Waals surface area contributed by atoms with Gasteiger partial charge in [-0.3, -0.25) is 4.79 Å². The van der Waals surface area contributed by atoms with Crippen molar-refractivity contribution in [3.8, 4) is 5.75 Å². The molecular weight excluding hydrogens is 240 g/mol. The summed E-state index contributed by atoms with van der Waals surface area (Å²) in [6.45, 7) is 4.71. The minimum atomic E-state index is -0.00452. The van der Waals surface area contributed by atoms with E-state index in [0.717, 1.165) is 34.3 Å². The molecule has 0 atom stereocenters. The number of aromatic nitrogens is 1. The van der Waals surface area contributed by atoms with Crippen LogP contribution in [0, 0.1) is 6.92 Å². The first-order chi connectivity index (χ1) is 9.10. The number of carbonyl (C=O) groups excluding carboxylic acids is 1. The molecule has 19 heavy (non-hydrogen) atoms. The first-order valence-electron chi connectivity index (χ1n) is 6.51. The molecule has 0 aliphatic carbocycles. The summed E-state index contributed by atoms with van der Waals surface area (Å²) in [6, 6.07) is 5.79. The fraction of sp³-hybridized carbons (Fsp3) is 0.400. The molecule has 0 radical (unpaired) electrons. The average molecular weight is 260 g/mol. The number of benzene rings is 1. The summed E-state index contributed by atoms with van der Waals surface area (Å²) in [7, 11) is 3.61. The molecule has 102 valence electrons. The Labute approximate surface area is 113 Å². The maximum atomic E-state index is 12.3. The van der Waals surface area contributed by atoms with Crippen molar-refractivity contribution in [1.29, 1.82) is 0 Å². The van der Waals surface area contributed by atoms with Crippen molar-refractivity contribution in [3.63, 3.8) is 0 Å². The van der Waals surface area contributed by atoms with Crippen molar-refractivity contribution in [3.05, 3.63) is 29.5 Å². The Morgan fingerprint density at radius 1 is 1.42 bits per heavy atom. The number of hydrogen-bond acceptors (Lipinski definition) is 2. The van der Waals surface area contributed by atoms with Crippen molar-refractivity contribution < 1.29 is 9.53 Å². The maximum Gasteiger partial charge on any atom is 0.253 e. The first-order valence-corrected chi connectivity index (χ1v) is 6.51. The van der Waals surface area contributed by atoms with Crippen LogP contribution < -0.4 is 10.1 Å². The molecule has 0 aliphatic heterocycles. The van der Waals surface area contributed by atoms with Gasteiger partial charge in [0.2, 0.25) is 0 Å². The molecule has 1 heterocycles. The second kappa shape index (κ2) is 5.34. The highest BCUT2D eigenvalue weighted by Gasteiger charge is 2.18. The lowest BCUT2D eigenvalue weighted by atomic mass is 10.1. The summed E-state index contributed by atoms with van der Waals surface area (Å²) in [6.07, 6.45) is 0.934. The van der Waals surface area contributed by atoms with Crippen LogP contribution in [0.4, 0.5) is 0 Å². The van der Waals surface area contributed by atoms with E-state index in [1.165, 1.54) is 0 Å². The van der Waals surface area contributed by atoms with Crippen molar-refractivity contribution >= 4 is 16.8 Å². The standard InChI is InChI=1S/C15H20N2O2/c1-5-8-16-15(18)14-10(2)17(3)13-9-11(19-4)6-7-12(13)14/h6-7,9H,5,8H2,1-4H3,(H,16,18). The zero-order valence-electron chi connectivity index (χ0n) is 11.9. The maximum absolute atomic E-state index is 12.3.